The summed E-state index contributed by atoms with van der Waals surface area (Å²) < 4.78 is 0. The van der Waals surface area contributed by atoms with E-state index in [0.717, 1.165) is 38.3 Å². The molecule has 2 N–H and O–H groups in total. The van der Waals surface area contributed by atoms with Crippen molar-refractivity contribution in [2.75, 3.05) is 25.5 Å². The second-order valence-corrected chi connectivity index (χ2v) is 5.92. The van der Waals surface area contributed by atoms with E-state index >= 15 is 0 Å². The highest BCUT2D eigenvalue weighted by atomic mass is 16.1. The van der Waals surface area contributed by atoms with Gasteiger partial charge in [0.25, 0.3) is 5.91 Å². The van der Waals surface area contributed by atoms with Gasteiger partial charge in [0.2, 0.25) is 0 Å². The van der Waals surface area contributed by atoms with Crippen molar-refractivity contribution in [2.24, 2.45) is 0 Å². The maximum Gasteiger partial charge on any atom is 0.271 e. The first-order valence-corrected chi connectivity index (χ1v) is 8.16. The zero-order valence-electron chi connectivity index (χ0n) is 13.8. The summed E-state index contributed by atoms with van der Waals surface area (Å²) in [5, 5.41) is 5.94. The Bertz CT molecular complexity index is 653. The predicted molar refractivity (Wildman–Crippen MR) is 91.6 cm³/mol. The summed E-state index contributed by atoms with van der Waals surface area (Å²) in [5.74, 6) is 0.494. The van der Waals surface area contributed by atoms with Crippen LogP contribution in [0.3, 0.4) is 0 Å². The molecule has 0 saturated carbocycles. The summed E-state index contributed by atoms with van der Waals surface area (Å²) in [6.45, 7) is 3.06. The quantitative estimate of drug-likeness (QED) is 0.862. The molecule has 24 heavy (non-hydrogen) atoms. The van der Waals surface area contributed by atoms with E-state index in [1.165, 1.54) is 11.8 Å². The van der Waals surface area contributed by atoms with Crippen LogP contribution in [0.4, 0.5) is 5.82 Å². The molecule has 1 aliphatic heterocycles. The van der Waals surface area contributed by atoms with Gasteiger partial charge in [0.15, 0.2) is 0 Å². The average Bonchev–Trinajstić information content (AvgIpc) is 2.64. The highest BCUT2D eigenvalue weighted by Crippen LogP contribution is 2.16. The van der Waals surface area contributed by atoms with E-state index in [0.29, 0.717) is 11.7 Å². The van der Waals surface area contributed by atoms with Gasteiger partial charge in [-0.1, -0.05) is 0 Å². The van der Waals surface area contributed by atoms with Crippen molar-refractivity contribution in [3.8, 4) is 0 Å². The number of hydrogen-bond acceptors (Lipinski definition) is 6. The molecule has 2 aromatic heterocycles. The number of carbonyl (C=O) groups is 1. The molecule has 0 atom stereocenters. The van der Waals surface area contributed by atoms with Crippen molar-refractivity contribution < 1.29 is 4.79 Å². The number of nitrogens with one attached hydrogen (secondary N) is 2. The van der Waals surface area contributed by atoms with E-state index in [1.54, 1.807) is 13.2 Å². The highest BCUT2D eigenvalue weighted by Gasteiger charge is 2.19. The third kappa shape index (κ3) is 4.26. The molecule has 0 bridgehead atoms. The molecular weight excluding hydrogens is 304 g/mol. The predicted octanol–water partition coefficient (Wildman–Crippen LogP) is 1.31. The molecule has 0 aromatic carbocycles. The second-order valence-electron chi connectivity index (χ2n) is 5.92. The summed E-state index contributed by atoms with van der Waals surface area (Å²) >= 11 is 0. The smallest absolute Gasteiger partial charge is 0.271 e. The molecular formula is C17H22N6O. The van der Waals surface area contributed by atoms with Crippen LogP contribution < -0.4 is 10.6 Å². The number of amides is 1. The number of likely N-dealkylation sites (tertiary alicyclic amines) is 1. The Morgan fingerprint density at radius 3 is 2.58 bits per heavy atom. The molecule has 1 fully saturated rings. The van der Waals surface area contributed by atoms with Crippen molar-refractivity contribution in [1.29, 1.82) is 0 Å². The lowest BCUT2D eigenvalue weighted by Crippen LogP contribution is -2.38. The van der Waals surface area contributed by atoms with Gasteiger partial charge in [-0.15, -0.1) is 0 Å². The molecule has 0 aliphatic carbocycles. The summed E-state index contributed by atoms with van der Waals surface area (Å²) in [6, 6.07) is 4.51. The Morgan fingerprint density at radius 2 is 1.96 bits per heavy atom. The van der Waals surface area contributed by atoms with Crippen molar-refractivity contribution in [3.05, 3.63) is 48.2 Å². The van der Waals surface area contributed by atoms with Gasteiger partial charge in [-0.2, -0.15) is 0 Å². The van der Waals surface area contributed by atoms with Gasteiger partial charge in [0.1, 0.15) is 11.5 Å². The monoisotopic (exact) mass is 326 g/mol. The Hall–Kier alpha value is -2.54. The molecule has 2 aromatic rings. The minimum absolute atomic E-state index is 0.224. The third-order valence-corrected chi connectivity index (χ3v) is 4.21. The largest absolute Gasteiger partial charge is 0.366 e. The van der Waals surface area contributed by atoms with Crippen molar-refractivity contribution in [1.82, 2.24) is 25.2 Å². The van der Waals surface area contributed by atoms with Gasteiger partial charge in [0, 0.05) is 45.1 Å². The fraction of sp³-hybridized carbons (Fsp3) is 0.412. The van der Waals surface area contributed by atoms with E-state index in [1.807, 2.05) is 12.4 Å². The van der Waals surface area contributed by atoms with E-state index in [4.69, 9.17) is 0 Å². The number of rotatable bonds is 5. The van der Waals surface area contributed by atoms with Gasteiger partial charge in [-0.3, -0.25) is 14.7 Å². The number of piperidine rings is 1. The van der Waals surface area contributed by atoms with Crippen LogP contribution in [0.1, 0.15) is 28.9 Å². The van der Waals surface area contributed by atoms with Crippen LogP contribution >= 0.6 is 0 Å². The molecule has 1 saturated heterocycles. The number of aromatic nitrogens is 3. The maximum absolute atomic E-state index is 11.5. The first-order chi connectivity index (χ1) is 11.7. The van der Waals surface area contributed by atoms with Crippen LogP contribution in [0.2, 0.25) is 0 Å². The lowest BCUT2D eigenvalue weighted by molar-refractivity contribution is 0.0958. The number of pyridine rings is 1. The molecule has 126 valence electrons. The molecule has 1 aliphatic rings. The average molecular weight is 326 g/mol. The summed E-state index contributed by atoms with van der Waals surface area (Å²) in [6.07, 6.45) is 8.91. The summed E-state index contributed by atoms with van der Waals surface area (Å²) in [5.41, 5.74) is 1.63. The Labute approximate surface area is 141 Å². The molecule has 3 heterocycles. The third-order valence-electron chi connectivity index (χ3n) is 4.21. The van der Waals surface area contributed by atoms with Gasteiger partial charge in [0.05, 0.1) is 12.4 Å². The van der Waals surface area contributed by atoms with Crippen LogP contribution in [0.25, 0.3) is 0 Å². The lowest BCUT2D eigenvalue weighted by Gasteiger charge is -2.32. The minimum atomic E-state index is -0.224. The molecule has 0 unspecified atom stereocenters. The van der Waals surface area contributed by atoms with E-state index in [9.17, 15) is 4.79 Å². The first-order valence-electron chi connectivity index (χ1n) is 8.16. The number of nitrogens with zero attached hydrogens (tertiary/aromatic N) is 4. The number of anilines is 1. The normalized spacial score (nSPS) is 15.9. The molecule has 0 spiro atoms. The van der Waals surface area contributed by atoms with Gasteiger partial charge < -0.3 is 10.6 Å². The standard InChI is InChI=1S/C17H22N6O/c1-18-17(24)15-10-21-16(11-20-15)22-14-4-8-23(9-5-14)12-13-2-6-19-7-3-13/h2-3,6-7,10-11,14H,4-5,8-9,12H2,1H3,(H,18,24)(H,21,22). The Morgan fingerprint density at radius 1 is 1.21 bits per heavy atom. The van der Waals surface area contributed by atoms with E-state index in [-0.39, 0.29) is 5.91 Å². The first kappa shape index (κ1) is 16.3. The van der Waals surface area contributed by atoms with Gasteiger partial charge in [-0.25, -0.2) is 9.97 Å². The Kier molecular flexibility index (Phi) is 5.32. The van der Waals surface area contributed by atoms with Crippen molar-refractivity contribution in [2.45, 2.75) is 25.4 Å². The lowest BCUT2D eigenvalue weighted by atomic mass is 10.0. The van der Waals surface area contributed by atoms with E-state index < -0.39 is 0 Å². The van der Waals surface area contributed by atoms with Crippen molar-refractivity contribution >= 4 is 11.7 Å². The molecule has 7 nitrogen and oxygen atoms in total. The maximum atomic E-state index is 11.5. The van der Waals surface area contributed by atoms with Gasteiger partial charge >= 0.3 is 0 Å². The van der Waals surface area contributed by atoms with Crippen LogP contribution in [0, 0.1) is 0 Å². The molecule has 0 radical (unpaired) electrons. The second kappa shape index (κ2) is 7.83. The Balaban J connectivity index is 1.47. The summed E-state index contributed by atoms with van der Waals surface area (Å²) in [7, 11) is 1.58. The fourth-order valence-corrected chi connectivity index (χ4v) is 2.84. The molecule has 3 rings (SSSR count). The molecule has 7 heteroatoms. The zero-order chi connectivity index (χ0) is 16.8. The topological polar surface area (TPSA) is 83.0 Å². The summed E-state index contributed by atoms with van der Waals surface area (Å²) in [4.78, 5) is 26.4. The number of hydrogen-bond donors (Lipinski definition) is 2. The zero-order valence-corrected chi connectivity index (χ0v) is 13.8. The van der Waals surface area contributed by atoms with Gasteiger partial charge in [-0.05, 0) is 30.5 Å². The number of carbonyl (C=O) groups excluding carboxylic acids is 1. The van der Waals surface area contributed by atoms with E-state index in [2.05, 4.69) is 42.6 Å². The van der Waals surface area contributed by atoms with Crippen LogP contribution in [0.5, 0.6) is 0 Å². The van der Waals surface area contributed by atoms with Crippen LogP contribution in [-0.4, -0.2) is 51.9 Å². The minimum Gasteiger partial charge on any atom is -0.366 e. The van der Waals surface area contributed by atoms with Crippen LogP contribution in [-0.2, 0) is 6.54 Å². The van der Waals surface area contributed by atoms with Crippen molar-refractivity contribution in [3.63, 3.8) is 0 Å². The fourth-order valence-electron chi connectivity index (χ4n) is 2.84. The van der Waals surface area contributed by atoms with Crippen LogP contribution in [0.15, 0.2) is 36.9 Å². The highest BCUT2D eigenvalue weighted by molar-refractivity contribution is 5.91. The SMILES string of the molecule is CNC(=O)c1cnc(NC2CCN(Cc3ccncc3)CC2)cn1. The molecule has 1 amide bonds.